The van der Waals surface area contributed by atoms with E-state index in [0.717, 1.165) is 35.2 Å². The largest absolute Gasteiger partial charge is 0.465 e. The van der Waals surface area contributed by atoms with E-state index in [1.165, 1.54) is 17.3 Å². The zero-order valence-electron chi connectivity index (χ0n) is 19.5. The number of hydrogen-bond donors (Lipinski definition) is 0. The third-order valence-corrected chi connectivity index (χ3v) is 7.41. The van der Waals surface area contributed by atoms with Gasteiger partial charge in [0.2, 0.25) is 0 Å². The third-order valence-electron chi connectivity index (χ3n) is 6.46. The molecule has 0 aliphatic heterocycles. The van der Waals surface area contributed by atoms with Gasteiger partial charge >= 0.3 is 5.97 Å². The molecule has 0 fully saturated rings. The second-order valence-electron chi connectivity index (χ2n) is 8.65. The van der Waals surface area contributed by atoms with Crippen LogP contribution in [0.15, 0.2) is 64.5 Å². The molecule has 0 spiro atoms. The number of benzene rings is 2. The molecule has 2 aromatic carbocycles. The Balaban J connectivity index is 1.83. The van der Waals surface area contributed by atoms with Crippen molar-refractivity contribution in [2.45, 2.75) is 57.1 Å². The van der Waals surface area contributed by atoms with Crippen molar-refractivity contribution < 1.29 is 9.53 Å². The van der Waals surface area contributed by atoms with Gasteiger partial charge in [0, 0.05) is 17.5 Å². The van der Waals surface area contributed by atoms with Crippen LogP contribution in [0.4, 0.5) is 0 Å². The molecule has 1 aliphatic carbocycles. The Hall–Kier alpha value is -2.86. The number of ether oxygens (including phenoxy) is 1. The highest BCUT2D eigenvalue weighted by Gasteiger charge is 2.38. The van der Waals surface area contributed by atoms with Crippen LogP contribution in [0.3, 0.4) is 0 Å². The minimum Gasteiger partial charge on any atom is -0.465 e. The molecule has 0 saturated carbocycles. The van der Waals surface area contributed by atoms with E-state index in [9.17, 15) is 9.59 Å². The van der Waals surface area contributed by atoms with Crippen LogP contribution < -0.4 is 5.56 Å². The molecule has 0 radical (unpaired) electrons. The van der Waals surface area contributed by atoms with Crippen LogP contribution in [-0.4, -0.2) is 27.9 Å². The molecular weight excluding hydrogens is 432 g/mol. The number of carbonyl (C=O) groups is 1. The summed E-state index contributed by atoms with van der Waals surface area (Å²) in [4.78, 5) is 31.1. The number of fused-ring (bicyclic) bond motifs is 3. The second kappa shape index (κ2) is 9.96. The number of hydrogen-bond acceptors (Lipinski definition) is 5. The summed E-state index contributed by atoms with van der Waals surface area (Å²) in [5.74, 6) is -0.181. The average Bonchev–Trinajstić information content (AvgIpc) is 2.83. The van der Waals surface area contributed by atoms with Crippen molar-refractivity contribution in [2.75, 3.05) is 12.4 Å². The Bertz CT molecular complexity index is 1210. The van der Waals surface area contributed by atoms with Gasteiger partial charge in [-0.3, -0.25) is 14.2 Å². The summed E-state index contributed by atoms with van der Waals surface area (Å²) in [6.07, 6.45) is 2.38. The second-order valence-corrected chi connectivity index (χ2v) is 9.59. The summed E-state index contributed by atoms with van der Waals surface area (Å²) in [5, 5.41) is 0.567. The summed E-state index contributed by atoms with van der Waals surface area (Å²) in [7, 11) is 0. The number of nitrogens with zero attached hydrogens (tertiary/aromatic N) is 2. The third kappa shape index (κ3) is 4.76. The van der Waals surface area contributed by atoms with E-state index in [-0.39, 0.29) is 22.7 Å². The van der Waals surface area contributed by atoms with Gasteiger partial charge < -0.3 is 4.74 Å². The first-order valence-electron chi connectivity index (χ1n) is 11.5. The van der Waals surface area contributed by atoms with E-state index in [4.69, 9.17) is 9.72 Å². The Morgan fingerprint density at radius 2 is 1.85 bits per heavy atom. The van der Waals surface area contributed by atoms with Crippen LogP contribution in [0.5, 0.6) is 0 Å². The van der Waals surface area contributed by atoms with Gasteiger partial charge in [0.1, 0.15) is 0 Å². The van der Waals surface area contributed by atoms with Crippen molar-refractivity contribution in [1.82, 2.24) is 9.55 Å². The Morgan fingerprint density at radius 1 is 1.12 bits per heavy atom. The molecule has 4 rings (SSSR count). The quantitative estimate of drug-likeness (QED) is 0.267. The fraction of sp³-hybridized carbons (Fsp3) is 0.370. The van der Waals surface area contributed by atoms with Crippen LogP contribution in [0.1, 0.15) is 43.9 Å². The zero-order valence-corrected chi connectivity index (χ0v) is 20.3. The minimum atomic E-state index is -0.303. The SMILES string of the molecule is CCOC(=O)CSc1nc2c(c(=O)n1CCc1ccccc1)[C@@](C)(CC)Cc1ccccc1-2. The molecule has 1 aliphatic rings. The standard InChI is InChI=1S/C27H30N2O3S/c1-4-27(3)17-20-13-9-10-14-21(20)24-23(27)25(31)29(16-15-19-11-7-6-8-12-19)26(28-24)33-18-22(30)32-5-2/h6-14H,4-5,15-18H2,1-3H3/t27-/m0/s1. The fourth-order valence-corrected chi connectivity index (χ4v) is 5.33. The van der Waals surface area contributed by atoms with Gasteiger partial charge in [-0.25, -0.2) is 4.98 Å². The van der Waals surface area contributed by atoms with E-state index < -0.39 is 0 Å². The van der Waals surface area contributed by atoms with Crippen LogP contribution in [0.25, 0.3) is 11.3 Å². The lowest BCUT2D eigenvalue weighted by atomic mass is 9.69. The van der Waals surface area contributed by atoms with E-state index in [1.54, 1.807) is 11.5 Å². The van der Waals surface area contributed by atoms with E-state index >= 15 is 0 Å². The molecule has 0 bridgehead atoms. The number of rotatable bonds is 8. The van der Waals surface area contributed by atoms with Crippen LogP contribution in [0.2, 0.25) is 0 Å². The van der Waals surface area contributed by atoms with Crippen LogP contribution >= 0.6 is 11.8 Å². The van der Waals surface area contributed by atoms with Crippen molar-refractivity contribution >= 4 is 17.7 Å². The molecule has 1 heterocycles. The number of carbonyl (C=O) groups excluding carboxylic acids is 1. The summed E-state index contributed by atoms with van der Waals surface area (Å²) < 4.78 is 6.87. The highest BCUT2D eigenvalue weighted by Crippen LogP contribution is 2.42. The fourth-order valence-electron chi connectivity index (χ4n) is 4.51. The molecule has 3 aromatic rings. The molecule has 6 heteroatoms. The molecule has 172 valence electrons. The zero-order chi connectivity index (χ0) is 23.4. The van der Waals surface area contributed by atoms with Crippen molar-refractivity contribution in [3.8, 4) is 11.3 Å². The molecular formula is C27H30N2O3S. The monoisotopic (exact) mass is 462 g/mol. The van der Waals surface area contributed by atoms with E-state index in [0.29, 0.717) is 24.7 Å². The first-order chi connectivity index (χ1) is 16.0. The first-order valence-corrected chi connectivity index (χ1v) is 12.5. The molecule has 5 nitrogen and oxygen atoms in total. The molecule has 33 heavy (non-hydrogen) atoms. The number of aromatic nitrogens is 2. The minimum absolute atomic E-state index is 0.00106. The predicted molar refractivity (Wildman–Crippen MR) is 133 cm³/mol. The molecule has 0 saturated heterocycles. The van der Waals surface area contributed by atoms with Gasteiger partial charge in [-0.2, -0.15) is 0 Å². The van der Waals surface area contributed by atoms with Gasteiger partial charge in [0.25, 0.3) is 5.56 Å². The number of esters is 1. The van der Waals surface area contributed by atoms with Crippen molar-refractivity contribution in [2.24, 2.45) is 0 Å². The molecule has 1 aromatic heterocycles. The van der Waals surface area contributed by atoms with Gasteiger partial charge in [-0.15, -0.1) is 0 Å². The molecule has 0 N–H and O–H groups in total. The van der Waals surface area contributed by atoms with Gasteiger partial charge in [0.15, 0.2) is 5.16 Å². The molecule has 0 amide bonds. The van der Waals surface area contributed by atoms with Crippen molar-refractivity contribution in [3.63, 3.8) is 0 Å². The number of thioether (sulfide) groups is 1. The maximum Gasteiger partial charge on any atom is 0.316 e. The summed E-state index contributed by atoms with van der Waals surface area (Å²) in [5.41, 5.74) is 4.65. The lowest BCUT2D eigenvalue weighted by Crippen LogP contribution is -2.40. The Labute approximate surface area is 199 Å². The average molecular weight is 463 g/mol. The number of aryl methyl sites for hydroxylation is 1. The Morgan fingerprint density at radius 3 is 2.58 bits per heavy atom. The van der Waals surface area contributed by atoms with Crippen LogP contribution in [0, 0.1) is 0 Å². The summed E-state index contributed by atoms with van der Waals surface area (Å²) in [6, 6.07) is 18.3. The molecule has 1 atom stereocenters. The van der Waals surface area contributed by atoms with Gasteiger partial charge in [-0.1, -0.05) is 80.2 Å². The van der Waals surface area contributed by atoms with Crippen molar-refractivity contribution in [3.05, 3.63) is 81.6 Å². The highest BCUT2D eigenvalue weighted by atomic mass is 32.2. The summed E-state index contributed by atoms with van der Waals surface area (Å²) >= 11 is 1.28. The first kappa shape index (κ1) is 23.3. The van der Waals surface area contributed by atoms with Gasteiger partial charge in [-0.05, 0) is 37.3 Å². The highest BCUT2D eigenvalue weighted by molar-refractivity contribution is 7.99. The normalized spacial score (nSPS) is 16.7. The van der Waals surface area contributed by atoms with Crippen LogP contribution in [-0.2, 0) is 34.3 Å². The van der Waals surface area contributed by atoms with Crippen molar-refractivity contribution in [1.29, 1.82) is 0 Å². The summed E-state index contributed by atoms with van der Waals surface area (Å²) in [6.45, 7) is 6.93. The van der Waals surface area contributed by atoms with E-state index in [2.05, 4.69) is 32.0 Å². The van der Waals surface area contributed by atoms with Gasteiger partial charge in [0.05, 0.1) is 23.6 Å². The molecule has 0 unspecified atom stereocenters. The van der Waals surface area contributed by atoms with E-state index in [1.807, 2.05) is 36.4 Å². The maximum atomic E-state index is 14.0. The lowest BCUT2D eigenvalue weighted by Gasteiger charge is -2.35. The Kier molecular flexibility index (Phi) is 7.03. The predicted octanol–water partition coefficient (Wildman–Crippen LogP) is 5.03. The lowest BCUT2D eigenvalue weighted by molar-refractivity contribution is -0.139. The maximum absolute atomic E-state index is 14.0. The topological polar surface area (TPSA) is 61.2 Å². The smallest absolute Gasteiger partial charge is 0.316 e.